The number of rotatable bonds is 2. The van der Waals surface area contributed by atoms with E-state index in [0.717, 1.165) is 17.8 Å². The quantitative estimate of drug-likeness (QED) is 0.751. The highest BCUT2D eigenvalue weighted by Crippen LogP contribution is 2.59. The summed E-state index contributed by atoms with van der Waals surface area (Å²) in [5, 5.41) is 3.78. The fraction of sp³-hybridized carbons (Fsp3) is 1.00. The fourth-order valence-corrected chi connectivity index (χ4v) is 4.96. The molecule has 4 bridgehead atoms. The molecule has 4 aliphatic carbocycles. The molecule has 92 valence electrons. The Morgan fingerprint density at radius 2 is 1.38 bits per heavy atom. The van der Waals surface area contributed by atoms with Gasteiger partial charge in [-0.15, -0.1) is 0 Å². The fourth-order valence-electron chi connectivity index (χ4n) is 4.96. The Labute approximate surface area is 100 Å². The van der Waals surface area contributed by atoms with Gasteiger partial charge in [0, 0.05) is 12.1 Å². The average molecular weight is 221 g/mol. The molecule has 1 heteroatoms. The third kappa shape index (κ3) is 2.03. The molecule has 4 aliphatic rings. The lowest BCUT2D eigenvalue weighted by molar-refractivity contribution is -0.0537. The van der Waals surface area contributed by atoms with Crippen LogP contribution in [0.1, 0.15) is 59.3 Å². The van der Waals surface area contributed by atoms with Crippen LogP contribution in [-0.4, -0.2) is 12.1 Å². The number of hydrogen-bond acceptors (Lipinski definition) is 1. The van der Waals surface area contributed by atoms with Crippen molar-refractivity contribution in [2.45, 2.75) is 64.8 Å². The van der Waals surface area contributed by atoms with Crippen LogP contribution in [0.3, 0.4) is 0 Å². The Bertz CT molecular complexity index is 238. The molecule has 0 aromatic rings. The minimum atomic E-state index is 0.295. The van der Waals surface area contributed by atoms with Crippen LogP contribution in [0, 0.1) is 23.2 Å². The Balaban J connectivity index is 1.69. The molecule has 4 fully saturated rings. The van der Waals surface area contributed by atoms with Gasteiger partial charge in [-0.05, 0) is 82.5 Å². The summed E-state index contributed by atoms with van der Waals surface area (Å²) in [5.74, 6) is 3.27. The molecule has 0 unspecified atom stereocenters. The molecule has 0 atom stereocenters. The maximum absolute atomic E-state index is 3.78. The van der Waals surface area contributed by atoms with E-state index in [9.17, 15) is 0 Å². The van der Waals surface area contributed by atoms with Crippen molar-refractivity contribution in [2.75, 3.05) is 6.54 Å². The maximum Gasteiger partial charge on any atom is 0.00967 e. The number of hydrogen-bond donors (Lipinski definition) is 1. The summed E-state index contributed by atoms with van der Waals surface area (Å²) >= 11 is 0. The van der Waals surface area contributed by atoms with E-state index in [-0.39, 0.29) is 0 Å². The summed E-state index contributed by atoms with van der Waals surface area (Å²) in [7, 11) is 0. The van der Waals surface area contributed by atoms with E-state index in [1.807, 2.05) is 0 Å². The molecule has 0 saturated heterocycles. The predicted molar refractivity (Wildman–Crippen MR) is 68.4 cm³/mol. The highest BCUT2D eigenvalue weighted by atomic mass is 15.0. The maximum atomic E-state index is 3.78. The van der Waals surface area contributed by atoms with E-state index in [2.05, 4.69) is 26.1 Å². The Morgan fingerprint density at radius 1 is 0.938 bits per heavy atom. The molecular weight excluding hydrogens is 194 g/mol. The molecule has 16 heavy (non-hydrogen) atoms. The van der Waals surface area contributed by atoms with Crippen LogP contribution in [0.2, 0.25) is 0 Å². The summed E-state index contributed by atoms with van der Waals surface area (Å²) in [6.45, 7) is 8.18. The normalized spacial score (nSPS) is 46.3. The van der Waals surface area contributed by atoms with Gasteiger partial charge in [0.15, 0.2) is 0 Å². The van der Waals surface area contributed by atoms with Gasteiger partial charge in [-0.1, -0.05) is 0 Å². The summed E-state index contributed by atoms with van der Waals surface area (Å²) in [6, 6.07) is 0. The second-order valence-electron chi connectivity index (χ2n) is 8.02. The second-order valence-corrected chi connectivity index (χ2v) is 8.02. The topological polar surface area (TPSA) is 12.0 Å². The SMILES string of the molecule is CC(C)(C)NCC12CC3CC(CC(C3)C1)C2. The van der Waals surface area contributed by atoms with Gasteiger partial charge >= 0.3 is 0 Å². The lowest BCUT2D eigenvalue weighted by atomic mass is 9.49. The molecule has 4 rings (SSSR count). The van der Waals surface area contributed by atoms with Crippen molar-refractivity contribution in [1.29, 1.82) is 0 Å². The van der Waals surface area contributed by atoms with E-state index in [0.29, 0.717) is 11.0 Å². The Morgan fingerprint density at radius 3 is 1.75 bits per heavy atom. The largest absolute Gasteiger partial charge is 0.312 e. The van der Waals surface area contributed by atoms with E-state index in [1.165, 1.54) is 25.8 Å². The molecule has 1 N–H and O–H groups in total. The molecule has 0 radical (unpaired) electrons. The van der Waals surface area contributed by atoms with E-state index >= 15 is 0 Å². The van der Waals surface area contributed by atoms with Gasteiger partial charge in [0.2, 0.25) is 0 Å². The molecular formula is C15H27N. The van der Waals surface area contributed by atoms with Crippen LogP contribution in [0.25, 0.3) is 0 Å². The third-order valence-corrected chi connectivity index (χ3v) is 5.16. The van der Waals surface area contributed by atoms with Gasteiger partial charge in [-0.3, -0.25) is 0 Å². The van der Waals surface area contributed by atoms with E-state index in [4.69, 9.17) is 0 Å². The first-order valence-corrected chi connectivity index (χ1v) is 7.19. The lowest BCUT2D eigenvalue weighted by Gasteiger charge is -2.57. The summed E-state index contributed by atoms with van der Waals surface area (Å²) in [5.41, 5.74) is 0.991. The van der Waals surface area contributed by atoms with Crippen LogP contribution in [0.4, 0.5) is 0 Å². The molecule has 0 spiro atoms. The molecule has 1 nitrogen and oxygen atoms in total. The zero-order valence-corrected chi connectivity index (χ0v) is 11.2. The Kier molecular flexibility index (Phi) is 2.41. The van der Waals surface area contributed by atoms with Crippen molar-refractivity contribution in [2.24, 2.45) is 23.2 Å². The van der Waals surface area contributed by atoms with Gasteiger partial charge in [-0.25, -0.2) is 0 Å². The van der Waals surface area contributed by atoms with Crippen LogP contribution >= 0.6 is 0 Å². The van der Waals surface area contributed by atoms with Gasteiger partial charge in [-0.2, -0.15) is 0 Å². The first-order chi connectivity index (χ1) is 7.44. The number of nitrogens with one attached hydrogen (secondary N) is 1. The van der Waals surface area contributed by atoms with Gasteiger partial charge in [0.1, 0.15) is 0 Å². The standard InChI is InChI=1S/C15H27N/c1-14(2,3)16-10-15-7-11-4-12(8-15)6-13(5-11)9-15/h11-13,16H,4-10H2,1-3H3. The minimum Gasteiger partial charge on any atom is -0.312 e. The van der Waals surface area contributed by atoms with E-state index < -0.39 is 0 Å². The summed E-state index contributed by atoms with van der Waals surface area (Å²) in [6.07, 6.45) is 9.28. The second kappa shape index (κ2) is 3.48. The van der Waals surface area contributed by atoms with Gasteiger partial charge < -0.3 is 5.32 Å². The molecule has 4 saturated carbocycles. The molecule has 0 heterocycles. The van der Waals surface area contributed by atoms with Crippen LogP contribution in [0.5, 0.6) is 0 Å². The van der Waals surface area contributed by atoms with Crippen molar-refractivity contribution >= 4 is 0 Å². The highest BCUT2D eigenvalue weighted by molar-refractivity contribution is 5.02. The first-order valence-electron chi connectivity index (χ1n) is 7.19. The van der Waals surface area contributed by atoms with Gasteiger partial charge in [0.05, 0.1) is 0 Å². The minimum absolute atomic E-state index is 0.295. The molecule has 0 aromatic heterocycles. The molecule has 0 amide bonds. The van der Waals surface area contributed by atoms with Gasteiger partial charge in [0.25, 0.3) is 0 Å². The predicted octanol–water partition coefficient (Wildman–Crippen LogP) is 3.59. The highest BCUT2D eigenvalue weighted by Gasteiger charge is 2.50. The van der Waals surface area contributed by atoms with Crippen LogP contribution < -0.4 is 5.32 Å². The summed E-state index contributed by atoms with van der Waals surface area (Å²) in [4.78, 5) is 0. The van der Waals surface area contributed by atoms with Crippen molar-refractivity contribution in [3.63, 3.8) is 0 Å². The van der Waals surface area contributed by atoms with Crippen molar-refractivity contribution in [3.8, 4) is 0 Å². The zero-order chi connectivity index (χ0) is 11.4. The van der Waals surface area contributed by atoms with Crippen molar-refractivity contribution < 1.29 is 0 Å². The first kappa shape index (κ1) is 11.1. The lowest BCUT2D eigenvalue weighted by Crippen LogP contribution is -2.53. The van der Waals surface area contributed by atoms with E-state index in [1.54, 1.807) is 19.3 Å². The van der Waals surface area contributed by atoms with Crippen molar-refractivity contribution in [1.82, 2.24) is 5.32 Å². The van der Waals surface area contributed by atoms with Crippen molar-refractivity contribution in [3.05, 3.63) is 0 Å². The zero-order valence-electron chi connectivity index (χ0n) is 11.2. The molecule has 0 aromatic carbocycles. The van der Waals surface area contributed by atoms with Crippen LogP contribution in [0.15, 0.2) is 0 Å². The third-order valence-electron chi connectivity index (χ3n) is 5.16. The monoisotopic (exact) mass is 221 g/mol. The van der Waals surface area contributed by atoms with Crippen LogP contribution in [-0.2, 0) is 0 Å². The Hall–Kier alpha value is -0.0400. The smallest absolute Gasteiger partial charge is 0.00967 e. The summed E-state index contributed by atoms with van der Waals surface area (Å²) < 4.78 is 0. The average Bonchev–Trinajstić information content (AvgIpc) is 2.11. The molecule has 0 aliphatic heterocycles.